The number of halogens is 1. The van der Waals surface area contributed by atoms with Crippen LogP contribution < -0.4 is 10.6 Å². The summed E-state index contributed by atoms with van der Waals surface area (Å²) in [6.07, 6.45) is 7.07. The van der Waals surface area contributed by atoms with Gasteiger partial charge in [0.1, 0.15) is 0 Å². The van der Waals surface area contributed by atoms with E-state index in [9.17, 15) is 8.42 Å². The van der Waals surface area contributed by atoms with E-state index in [1.807, 2.05) is 4.90 Å². The Balaban J connectivity index is 0.00000225. The lowest BCUT2D eigenvalue weighted by Crippen LogP contribution is -2.53. The molecular weight excluding hydrogens is 455 g/mol. The summed E-state index contributed by atoms with van der Waals surface area (Å²) in [7, 11) is -3.10. The van der Waals surface area contributed by atoms with Crippen LogP contribution in [0.5, 0.6) is 0 Å². The molecule has 0 aromatic carbocycles. The number of hydrogen-bond acceptors (Lipinski definition) is 6. The van der Waals surface area contributed by atoms with Gasteiger partial charge in [0.25, 0.3) is 0 Å². The van der Waals surface area contributed by atoms with Gasteiger partial charge in [-0.25, -0.2) is 18.4 Å². The summed E-state index contributed by atoms with van der Waals surface area (Å²) in [5, 5.41) is 0. The molecule has 0 unspecified atom stereocenters. The monoisotopic (exact) mass is 480 g/mol. The lowest BCUT2D eigenvalue weighted by molar-refractivity contribution is 0.340. The highest BCUT2D eigenvalue weighted by atomic mass is 127. The molecule has 0 radical (unpaired) electrons. The Morgan fingerprint density at radius 2 is 1.84 bits per heavy atom. The molecule has 8 nitrogen and oxygen atoms in total. The summed E-state index contributed by atoms with van der Waals surface area (Å²) in [4.78, 5) is 17.0. The maximum atomic E-state index is 12.0. The van der Waals surface area contributed by atoms with Crippen LogP contribution in [0.25, 0.3) is 0 Å². The van der Waals surface area contributed by atoms with Gasteiger partial charge in [0.05, 0.1) is 11.3 Å². The quantitative estimate of drug-likeness (QED) is 0.380. The first kappa shape index (κ1) is 20.1. The standard InChI is InChI=1S/C15H24N6O2S.HI/c1-24(22,23)15(4-2-5-15)12-19-13(16)20-8-10-21(11-9-20)14-17-6-3-7-18-14;/h3,6-7H,2,4-5,8-12H2,1H3,(H2,16,19);1H. The topological polar surface area (TPSA) is 105 Å². The van der Waals surface area contributed by atoms with Gasteiger partial charge >= 0.3 is 0 Å². The molecule has 1 saturated carbocycles. The Labute approximate surface area is 165 Å². The maximum absolute atomic E-state index is 12.0. The van der Waals surface area contributed by atoms with E-state index in [0.717, 1.165) is 38.5 Å². The second kappa shape index (κ2) is 8.02. The zero-order chi connectivity index (χ0) is 17.2. The highest BCUT2D eigenvalue weighted by Crippen LogP contribution is 2.39. The summed E-state index contributed by atoms with van der Waals surface area (Å²) in [6, 6.07) is 1.79. The fourth-order valence-electron chi connectivity index (χ4n) is 3.13. The fraction of sp³-hybridized carbons (Fsp3) is 0.667. The Hall–Kier alpha value is -1.17. The normalized spacial score (nSPS) is 20.6. The van der Waals surface area contributed by atoms with E-state index in [0.29, 0.717) is 18.8 Å². The second-order valence-electron chi connectivity index (χ2n) is 6.51. The molecule has 1 aliphatic carbocycles. The van der Waals surface area contributed by atoms with Crippen LogP contribution in [0.1, 0.15) is 19.3 Å². The molecule has 0 amide bonds. The van der Waals surface area contributed by atoms with Crippen molar-refractivity contribution in [1.82, 2.24) is 14.9 Å². The number of piperazine rings is 1. The van der Waals surface area contributed by atoms with E-state index in [1.165, 1.54) is 6.26 Å². The average Bonchev–Trinajstić information content (AvgIpc) is 2.53. The summed E-state index contributed by atoms with van der Waals surface area (Å²) < 4.78 is 23.3. The molecule has 1 aromatic rings. The minimum absolute atomic E-state index is 0. The first-order valence-corrected chi connectivity index (χ1v) is 10.1. The number of sulfone groups is 1. The summed E-state index contributed by atoms with van der Waals surface area (Å²) in [5.74, 6) is 1.15. The van der Waals surface area contributed by atoms with Gasteiger partial charge in [-0.15, -0.1) is 24.0 Å². The van der Waals surface area contributed by atoms with E-state index < -0.39 is 14.6 Å². The van der Waals surface area contributed by atoms with Crippen molar-refractivity contribution < 1.29 is 8.42 Å². The number of guanidine groups is 1. The Morgan fingerprint density at radius 1 is 1.24 bits per heavy atom. The van der Waals surface area contributed by atoms with Crippen LogP contribution in [0.3, 0.4) is 0 Å². The smallest absolute Gasteiger partial charge is 0.225 e. The zero-order valence-corrected chi connectivity index (χ0v) is 17.5. The predicted octanol–water partition coefficient (Wildman–Crippen LogP) is 0.499. The third-order valence-corrected chi connectivity index (χ3v) is 7.13. The van der Waals surface area contributed by atoms with Crippen molar-refractivity contribution in [2.45, 2.75) is 24.0 Å². The summed E-state index contributed by atoms with van der Waals surface area (Å²) >= 11 is 0. The summed E-state index contributed by atoms with van der Waals surface area (Å²) in [6.45, 7) is 3.23. The van der Waals surface area contributed by atoms with Crippen LogP contribution >= 0.6 is 24.0 Å². The fourth-order valence-corrected chi connectivity index (χ4v) is 4.46. The van der Waals surface area contributed by atoms with Crippen molar-refractivity contribution in [3.8, 4) is 0 Å². The Bertz CT molecular complexity index is 700. The highest BCUT2D eigenvalue weighted by Gasteiger charge is 2.46. The van der Waals surface area contributed by atoms with Gasteiger partial charge in [0.15, 0.2) is 15.8 Å². The van der Waals surface area contributed by atoms with Crippen LogP contribution in [0, 0.1) is 0 Å². The molecule has 1 aliphatic heterocycles. The lowest BCUT2D eigenvalue weighted by atomic mass is 9.84. The van der Waals surface area contributed by atoms with Crippen LogP contribution in [0.4, 0.5) is 5.95 Å². The third kappa shape index (κ3) is 4.33. The molecule has 0 spiro atoms. The molecule has 2 aliphatic rings. The molecule has 2 N–H and O–H groups in total. The highest BCUT2D eigenvalue weighted by molar-refractivity contribution is 14.0. The molecule has 2 heterocycles. The van der Waals surface area contributed by atoms with Crippen LogP contribution in [-0.2, 0) is 9.84 Å². The number of aromatic nitrogens is 2. The first-order valence-electron chi connectivity index (χ1n) is 8.18. The number of rotatable bonds is 4. The molecule has 1 aromatic heterocycles. The van der Waals surface area contributed by atoms with Crippen LogP contribution in [0.15, 0.2) is 23.5 Å². The molecule has 140 valence electrons. The molecule has 0 bridgehead atoms. The predicted molar refractivity (Wildman–Crippen MR) is 109 cm³/mol. The Morgan fingerprint density at radius 3 is 2.32 bits per heavy atom. The molecule has 10 heteroatoms. The van der Waals surface area contributed by atoms with Gasteiger partial charge in [0.2, 0.25) is 5.95 Å². The van der Waals surface area contributed by atoms with Crippen molar-refractivity contribution in [2.24, 2.45) is 10.7 Å². The summed E-state index contributed by atoms with van der Waals surface area (Å²) in [5.41, 5.74) is 6.09. The van der Waals surface area contributed by atoms with Crippen molar-refractivity contribution in [3.63, 3.8) is 0 Å². The van der Waals surface area contributed by atoms with Gasteiger partial charge in [-0.2, -0.15) is 0 Å². The number of aliphatic imine (C=N–C) groups is 1. The number of nitrogens with two attached hydrogens (primary N) is 1. The largest absolute Gasteiger partial charge is 0.370 e. The minimum Gasteiger partial charge on any atom is -0.370 e. The zero-order valence-electron chi connectivity index (χ0n) is 14.3. The Kier molecular flexibility index (Phi) is 6.46. The van der Waals surface area contributed by atoms with Crippen molar-refractivity contribution in [1.29, 1.82) is 0 Å². The molecular formula is C15H25IN6O2S. The van der Waals surface area contributed by atoms with E-state index in [4.69, 9.17) is 5.73 Å². The van der Waals surface area contributed by atoms with Gasteiger partial charge in [-0.3, -0.25) is 4.99 Å². The lowest BCUT2D eigenvalue weighted by Gasteiger charge is -2.39. The molecule has 0 atom stereocenters. The van der Waals surface area contributed by atoms with E-state index in [2.05, 4.69) is 19.9 Å². The molecule has 1 saturated heterocycles. The number of anilines is 1. The SMILES string of the molecule is CS(=O)(=O)C1(CN=C(N)N2CCN(c3ncccn3)CC2)CCC1.I. The second-order valence-corrected chi connectivity index (χ2v) is 8.92. The van der Waals surface area contributed by atoms with Gasteiger partial charge in [-0.05, 0) is 18.9 Å². The molecule has 25 heavy (non-hydrogen) atoms. The van der Waals surface area contributed by atoms with E-state index in [1.54, 1.807) is 18.5 Å². The average molecular weight is 480 g/mol. The molecule has 3 rings (SSSR count). The maximum Gasteiger partial charge on any atom is 0.225 e. The van der Waals surface area contributed by atoms with Gasteiger partial charge in [0, 0.05) is 44.8 Å². The first-order chi connectivity index (χ1) is 11.4. The van der Waals surface area contributed by atoms with Crippen molar-refractivity contribution in [3.05, 3.63) is 18.5 Å². The van der Waals surface area contributed by atoms with Crippen LogP contribution in [0.2, 0.25) is 0 Å². The van der Waals surface area contributed by atoms with E-state index in [-0.39, 0.29) is 30.5 Å². The minimum atomic E-state index is -3.10. The molecule has 2 fully saturated rings. The van der Waals surface area contributed by atoms with Gasteiger partial charge < -0.3 is 15.5 Å². The van der Waals surface area contributed by atoms with Gasteiger partial charge in [-0.1, -0.05) is 6.42 Å². The van der Waals surface area contributed by atoms with Crippen molar-refractivity contribution in [2.75, 3.05) is 43.9 Å². The third-order valence-electron chi connectivity index (χ3n) is 5.02. The van der Waals surface area contributed by atoms with Crippen LogP contribution in [-0.4, -0.2) is 73.0 Å². The number of hydrogen-bond donors (Lipinski definition) is 1. The van der Waals surface area contributed by atoms with Crippen molar-refractivity contribution >= 4 is 45.7 Å². The van der Waals surface area contributed by atoms with E-state index >= 15 is 0 Å². The number of nitrogens with zero attached hydrogens (tertiary/aromatic N) is 5.